The third-order valence-corrected chi connectivity index (χ3v) is 8.28. The molecule has 0 spiro atoms. The van der Waals surface area contributed by atoms with Crippen molar-refractivity contribution in [2.75, 3.05) is 0 Å². The Hall–Kier alpha value is -5.66. The molecule has 0 atom stereocenters. The van der Waals surface area contributed by atoms with E-state index < -0.39 is 0 Å². The Morgan fingerprint density at radius 2 is 1.17 bits per heavy atom. The van der Waals surface area contributed by atoms with Gasteiger partial charge in [-0.2, -0.15) is 0 Å². The summed E-state index contributed by atoms with van der Waals surface area (Å²) in [5.74, 6) is 0.846. The van der Waals surface area contributed by atoms with Crippen LogP contribution in [0.4, 0.5) is 5.69 Å². The van der Waals surface area contributed by atoms with Crippen LogP contribution in [-0.4, -0.2) is 14.1 Å². The minimum atomic E-state index is 0.613. The van der Waals surface area contributed by atoms with Crippen LogP contribution in [0.3, 0.4) is 0 Å². The molecule has 0 saturated carbocycles. The molecule has 0 N–H and O–H groups in total. The standard InChI is InChI=1S/C38H26N4/c1-24-15-17-35-31(21-24)29-11-4-6-13-33(29)41(35)37-28(26-9-8-10-27(23-26)39-3)19-20-40-38(37)42-34-14-7-5-12-30(34)32-22-25(2)16-18-36(32)42/h4-23H,1-2H3. The third-order valence-electron chi connectivity index (χ3n) is 8.28. The summed E-state index contributed by atoms with van der Waals surface area (Å²) in [6.07, 6.45) is 1.89. The van der Waals surface area contributed by atoms with Crippen molar-refractivity contribution in [2.45, 2.75) is 13.8 Å². The topological polar surface area (TPSA) is 27.1 Å². The highest BCUT2D eigenvalue weighted by Crippen LogP contribution is 2.41. The molecule has 0 unspecified atom stereocenters. The fraction of sp³-hybridized carbons (Fsp3) is 0.0526. The van der Waals surface area contributed by atoms with E-state index in [2.05, 4.69) is 125 Å². The minimum Gasteiger partial charge on any atom is -0.305 e. The smallest absolute Gasteiger partial charge is 0.187 e. The Morgan fingerprint density at radius 3 is 1.83 bits per heavy atom. The first-order valence-electron chi connectivity index (χ1n) is 14.1. The average Bonchev–Trinajstić information content (AvgIpc) is 3.52. The van der Waals surface area contributed by atoms with Crippen LogP contribution in [0, 0.1) is 20.4 Å². The van der Waals surface area contributed by atoms with Crippen molar-refractivity contribution in [3.63, 3.8) is 0 Å². The van der Waals surface area contributed by atoms with Crippen molar-refractivity contribution in [1.29, 1.82) is 0 Å². The lowest BCUT2D eigenvalue weighted by molar-refractivity contribution is 1.03. The predicted molar refractivity (Wildman–Crippen MR) is 174 cm³/mol. The molecule has 4 nitrogen and oxygen atoms in total. The van der Waals surface area contributed by atoms with Gasteiger partial charge in [0.1, 0.15) is 0 Å². The Morgan fingerprint density at radius 1 is 0.571 bits per heavy atom. The van der Waals surface area contributed by atoms with Crippen LogP contribution < -0.4 is 0 Å². The quantitative estimate of drug-likeness (QED) is 0.206. The fourth-order valence-corrected chi connectivity index (χ4v) is 6.45. The van der Waals surface area contributed by atoms with E-state index in [0.717, 1.165) is 44.7 Å². The Balaban J connectivity index is 1.60. The molecule has 0 bridgehead atoms. The number of rotatable bonds is 3. The second-order valence-corrected chi connectivity index (χ2v) is 10.9. The summed E-state index contributed by atoms with van der Waals surface area (Å²) in [6.45, 7) is 12.0. The zero-order valence-corrected chi connectivity index (χ0v) is 23.3. The number of aromatic nitrogens is 3. The number of para-hydroxylation sites is 2. The monoisotopic (exact) mass is 538 g/mol. The molecule has 0 aliphatic heterocycles. The number of hydrogen-bond donors (Lipinski definition) is 0. The molecule has 0 saturated heterocycles. The minimum absolute atomic E-state index is 0.613. The second kappa shape index (κ2) is 9.19. The zero-order chi connectivity index (χ0) is 28.4. The molecule has 3 aromatic heterocycles. The first-order chi connectivity index (χ1) is 20.6. The Kier molecular flexibility index (Phi) is 5.29. The molecule has 198 valence electrons. The number of nitrogens with zero attached hydrogens (tertiary/aromatic N) is 4. The van der Waals surface area contributed by atoms with Gasteiger partial charge in [0.2, 0.25) is 0 Å². The molecule has 0 aliphatic rings. The van der Waals surface area contributed by atoms with Crippen LogP contribution in [0.15, 0.2) is 121 Å². The summed E-state index contributed by atoms with van der Waals surface area (Å²) >= 11 is 0. The van der Waals surface area contributed by atoms with Crippen molar-refractivity contribution < 1.29 is 0 Å². The summed E-state index contributed by atoms with van der Waals surface area (Å²) in [6, 6.07) is 40.4. The van der Waals surface area contributed by atoms with Gasteiger partial charge >= 0.3 is 0 Å². The molecule has 42 heavy (non-hydrogen) atoms. The second-order valence-electron chi connectivity index (χ2n) is 10.9. The van der Waals surface area contributed by atoms with Crippen molar-refractivity contribution in [2.24, 2.45) is 0 Å². The van der Waals surface area contributed by atoms with E-state index in [0.29, 0.717) is 5.69 Å². The molecule has 3 heterocycles. The van der Waals surface area contributed by atoms with Crippen LogP contribution in [0.25, 0.3) is 71.1 Å². The highest BCUT2D eigenvalue weighted by Gasteiger charge is 2.23. The number of benzene rings is 5. The lowest BCUT2D eigenvalue weighted by atomic mass is 10.0. The number of pyridine rings is 1. The summed E-state index contributed by atoms with van der Waals surface area (Å²) in [5, 5.41) is 4.81. The van der Waals surface area contributed by atoms with Crippen molar-refractivity contribution in [1.82, 2.24) is 14.1 Å². The van der Waals surface area contributed by atoms with Crippen LogP contribution in [-0.2, 0) is 0 Å². The van der Waals surface area contributed by atoms with Gasteiger partial charge in [-0.25, -0.2) is 9.83 Å². The van der Waals surface area contributed by atoms with E-state index in [1.54, 1.807) is 0 Å². The number of hydrogen-bond acceptors (Lipinski definition) is 1. The number of aryl methyl sites for hydroxylation is 2. The SMILES string of the molecule is [C-]#[N+]c1cccc(-c2ccnc(-n3c4ccccc4c4cc(C)ccc43)c2-n2c3ccccc3c3cc(C)ccc32)c1. The van der Waals surface area contributed by atoms with Gasteiger partial charge in [0, 0.05) is 33.3 Å². The fourth-order valence-electron chi connectivity index (χ4n) is 6.45. The molecular formula is C38H26N4. The molecule has 5 aromatic carbocycles. The zero-order valence-electron chi connectivity index (χ0n) is 23.3. The maximum Gasteiger partial charge on any atom is 0.187 e. The maximum atomic E-state index is 7.69. The van der Waals surface area contributed by atoms with E-state index in [1.807, 2.05) is 24.4 Å². The van der Waals surface area contributed by atoms with Gasteiger partial charge in [-0.1, -0.05) is 77.9 Å². The van der Waals surface area contributed by atoms with Crippen LogP contribution >= 0.6 is 0 Å². The first-order valence-corrected chi connectivity index (χ1v) is 14.1. The Labute approximate surface area is 243 Å². The number of fused-ring (bicyclic) bond motifs is 6. The van der Waals surface area contributed by atoms with Gasteiger partial charge in [0.25, 0.3) is 0 Å². The largest absolute Gasteiger partial charge is 0.305 e. The van der Waals surface area contributed by atoms with Crippen LogP contribution in [0.5, 0.6) is 0 Å². The molecule has 0 fully saturated rings. The van der Waals surface area contributed by atoms with Gasteiger partial charge in [-0.15, -0.1) is 0 Å². The van der Waals surface area contributed by atoms with Crippen molar-refractivity contribution in [3.8, 4) is 22.6 Å². The van der Waals surface area contributed by atoms with Crippen LogP contribution in [0.2, 0.25) is 0 Å². The average molecular weight is 539 g/mol. The molecule has 8 rings (SSSR count). The van der Waals surface area contributed by atoms with E-state index in [-0.39, 0.29) is 0 Å². The lowest BCUT2D eigenvalue weighted by Crippen LogP contribution is -2.07. The van der Waals surface area contributed by atoms with E-state index in [4.69, 9.17) is 11.6 Å². The van der Waals surface area contributed by atoms with Crippen molar-refractivity contribution >= 4 is 49.3 Å². The Bertz CT molecular complexity index is 2400. The lowest BCUT2D eigenvalue weighted by Gasteiger charge is -2.20. The van der Waals surface area contributed by atoms with Crippen molar-refractivity contribution in [3.05, 3.63) is 144 Å². The van der Waals surface area contributed by atoms with E-state index >= 15 is 0 Å². The van der Waals surface area contributed by atoms with Gasteiger partial charge in [0.05, 0.1) is 34.3 Å². The third kappa shape index (κ3) is 3.51. The van der Waals surface area contributed by atoms with Gasteiger partial charge in [-0.05, 0) is 67.9 Å². The maximum absolute atomic E-state index is 7.69. The summed E-state index contributed by atoms with van der Waals surface area (Å²) in [7, 11) is 0. The summed E-state index contributed by atoms with van der Waals surface area (Å²) in [5.41, 5.74) is 10.5. The van der Waals surface area contributed by atoms with E-state index in [9.17, 15) is 0 Å². The van der Waals surface area contributed by atoms with Gasteiger partial charge in [-0.3, -0.25) is 4.57 Å². The van der Waals surface area contributed by atoms with E-state index in [1.165, 1.54) is 32.7 Å². The normalized spacial score (nSPS) is 11.5. The highest BCUT2D eigenvalue weighted by molar-refractivity contribution is 6.12. The molecule has 8 aromatic rings. The summed E-state index contributed by atoms with van der Waals surface area (Å²) < 4.78 is 4.66. The molecule has 0 amide bonds. The molecule has 0 radical (unpaired) electrons. The predicted octanol–water partition coefficient (Wildman–Crippen LogP) is 10.1. The van der Waals surface area contributed by atoms with Crippen LogP contribution in [0.1, 0.15) is 11.1 Å². The summed E-state index contributed by atoms with van der Waals surface area (Å²) in [4.78, 5) is 8.88. The molecule has 0 aliphatic carbocycles. The first kappa shape index (κ1) is 24.2. The van der Waals surface area contributed by atoms with Gasteiger partial charge in [0.15, 0.2) is 11.5 Å². The molecular weight excluding hydrogens is 512 g/mol. The van der Waals surface area contributed by atoms with Gasteiger partial charge < -0.3 is 4.57 Å². The molecule has 4 heteroatoms. The highest BCUT2D eigenvalue weighted by atomic mass is 15.1.